The molecule has 0 unspecified atom stereocenters. The van der Waals surface area contributed by atoms with E-state index in [0.717, 1.165) is 0 Å². The normalized spacial score (nSPS) is 16.9. The molecular weight excluding hydrogens is 350 g/mol. The van der Waals surface area contributed by atoms with Crippen molar-refractivity contribution < 1.29 is 16.8 Å². The summed E-state index contributed by atoms with van der Waals surface area (Å²) < 4.78 is 51.8. The van der Waals surface area contributed by atoms with E-state index in [-0.39, 0.29) is 29.6 Å². The maximum Gasteiger partial charge on any atom is 0.240 e. The Labute approximate surface area is 137 Å². The zero-order chi connectivity index (χ0) is 15.3. The third kappa shape index (κ3) is 5.18. The number of hydrogen-bond acceptors (Lipinski definition) is 5. The quantitative estimate of drug-likeness (QED) is 0.712. The summed E-state index contributed by atoms with van der Waals surface area (Å²) >= 11 is 0. The van der Waals surface area contributed by atoms with Crippen LogP contribution in [0.25, 0.3) is 0 Å². The molecule has 0 atom stereocenters. The molecule has 2 N–H and O–H groups in total. The molecule has 1 aliphatic heterocycles. The molecule has 7 nitrogen and oxygen atoms in total. The summed E-state index contributed by atoms with van der Waals surface area (Å²) in [5, 5.41) is 3.07. The van der Waals surface area contributed by atoms with Gasteiger partial charge in [0.05, 0.1) is 10.6 Å². The monoisotopic (exact) mass is 369 g/mol. The molecule has 0 aromatic heterocycles. The van der Waals surface area contributed by atoms with Crippen molar-refractivity contribution >= 4 is 32.5 Å². The third-order valence-electron chi connectivity index (χ3n) is 3.17. The van der Waals surface area contributed by atoms with Gasteiger partial charge in [0.15, 0.2) is 0 Å². The Morgan fingerprint density at radius 3 is 2.23 bits per heavy atom. The lowest BCUT2D eigenvalue weighted by Crippen LogP contribution is -2.48. The van der Waals surface area contributed by atoms with E-state index in [9.17, 15) is 16.8 Å². The molecule has 1 saturated heterocycles. The number of sulfonamides is 2. The molecule has 1 fully saturated rings. The minimum atomic E-state index is -3.66. The Balaban J connectivity index is 0.00000242. The minimum absolute atomic E-state index is 0. The molecule has 0 saturated carbocycles. The van der Waals surface area contributed by atoms with Gasteiger partial charge in [-0.05, 0) is 12.1 Å². The standard InChI is InChI=1S/C12H19N3O4S2.ClH/c16-20(17,15-9-6-13-7-10-15)11-8-14-21(18,19)12-4-2-1-3-5-12;/h1-5,13-14H,6-11H2;1H. The van der Waals surface area contributed by atoms with E-state index < -0.39 is 20.0 Å². The van der Waals surface area contributed by atoms with E-state index in [2.05, 4.69) is 10.0 Å². The van der Waals surface area contributed by atoms with Gasteiger partial charge in [-0.25, -0.2) is 21.6 Å². The SMILES string of the molecule is Cl.O=S(=O)(NCCS(=O)(=O)N1CCNCC1)c1ccccc1. The molecule has 1 heterocycles. The van der Waals surface area contributed by atoms with E-state index in [1.165, 1.54) is 16.4 Å². The number of halogens is 1. The first-order chi connectivity index (χ1) is 9.92. The second-order valence-corrected chi connectivity index (χ2v) is 8.53. The average molecular weight is 370 g/mol. The van der Waals surface area contributed by atoms with Crippen LogP contribution >= 0.6 is 12.4 Å². The molecule has 1 aromatic carbocycles. The van der Waals surface area contributed by atoms with Crippen molar-refractivity contribution in [3.8, 4) is 0 Å². The highest BCUT2D eigenvalue weighted by Crippen LogP contribution is 2.07. The largest absolute Gasteiger partial charge is 0.314 e. The zero-order valence-electron chi connectivity index (χ0n) is 11.9. The number of nitrogens with zero attached hydrogens (tertiary/aromatic N) is 1. The van der Waals surface area contributed by atoms with Crippen molar-refractivity contribution in [1.82, 2.24) is 14.3 Å². The Bertz CT molecular complexity index is 659. The van der Waals surface area contributed by atoms with Gasteiger partial charge in [0.2, 0.25) is 20.0 Å². The molecule has 0 amide bonds. The van der Waals surface area contributed by atoms with Gasteiger partial charge in [0.1, 0.15) is 0 Å². The molecule has 0 bridgehead atoms. The molecule has 2 rings (SSSR count). The first-order valence-corrected chi connectivity index (χ1v) is 9.74. The Kier molecular flexibility index (Phi) is 7.23. The van der Waals surface area contributed by atoms with E-state index in [0.29, 0.717) is 26.2 Å². The predicted octanol–water partition coefficient (Wildman–Crippen LogP) is -0.378. The summed E-state index contributed by atoms with van der Waals surface area (Å²) in [5.74, 6) is -0.237. The molecule has 1 aromatic rings. The van der Waals surface area contributed by atoms with Crippen LogP contribution in [0.15, 0.2) is 35.2 Å². The Morgan fingerprint density at radius 1 is 1.05 bits per heavy atom. The number of piperazine rings is 1. The maximum atomic E-state index is 12.1. The van der Waals surface area contributed by atoms with Gasteiger partial charge in [0, 0.05) is 32.7 Å². The van der Waals surface area contributed by atoms with Gasteiger partial charge in [-0.15, -0.1) is 12.4 Å². The van der Waals surface area contributed by atoms with Crippen LogP contribution < -0.4 is 10.0 Å². The van der Waals surface area contributed by atoms with E-state index in [4.69, 9.17) is 0 Å². The summed E-state index contributed by atoms with van der Waals surface area (Å²) in [7, 11) is -7.08. The molecule has 10 heteroatoms. The van der Waals surface area contributed by atoms with Crippen molar-refractivity contribution in [2.24, 2.45) is 0 Å². The summed E-state index contributed by atoms with van der Waals surface area (Å²) in [6, 6.07) is 7.88. The second-order valence-electron chi connectivity index (χ2n) is 4.68. The predicted molar refractivity (Wildman–Crippen MR) is 87.1 cm³/mol. The highest BCUT2D eigenvalue weighted by molar-refractivity contribution is 7.90. The molecule has 0 spiro atoms. The fourth-order valence-electron chi connectivity index (χ4n) is 2.04. The van der Waals surface area contributed by atoms with Crippen molar-refractivity contribution in [2.45, 2.75) is 4.90 Å². The zero-order valence-corrected chi connectivity index (χ0v) is 14.4. The van der Waals surface area contributed by atoms with Crippen LogP contribution in [0.5, 0.6) is 0 Å². The molecule has 126 valence electrons. The van der Waals surface area contributed by atoms with Gasteiger partial charge >= 0.3 is 0 Å². The van der Waals surface area contributed by atoms with Crippen LogP contribution in [0.4, 0.5) is 0 Å². The number of nitrogens with one attached hydrogen (secondary N) is 2. The summed E-state index contributed by atoms with van der Waals surface area (Å²) in [6.45, 7) is 1.95. The highest BCUT2D eigenvalue weighted by Gasteiger charge is 2.24. The lowest BCUT2D eigenvalue weighted by molar-refractivity contribution is 0.360. The number of rotatable bonds is 6. The van der Waals surface area contributed by atoms with Gasteiger partial charge in [-0.2, -0.15) is 4.31 Å². The van der Waals surface area contributed by atoms with Crippen molar-refractivity contribution in [3.63, 3.8) is 0 Å². The van der Waals surface area contributed by atoms with Crippen molar-refractivity contribution in [2.75, 3.05) is 38.5 Å². The van der Waals surface area contributed by atoms with Crippen molar-refractivity contribution in [3.05, 3.63) is 30.3 Å². The number of hydrogen-bond donors (Lipinski definition) is 2. The van der Waals surface area contributed by atoms with Crippen LogP contribution in [0, 0.1) is 0 Å². The van der Waals surface area contributed by atoms with E-state index >= 15 is 0 Å². The molecule has 0 aliphatic carbocycles. The fraction of sp³-hybridized carbons (Fsp3) is 0.500. The lowest BCUT2D eigenvalue weighted by atomic mass is 10.4. The summed E-state index contributed by atoms with van der Waals surface area (Å²) in [5.41, 5.74) is 0. The Morgan fingerprint density at radius 2 is 1.64 bits per heavy atom. The third-order valence-corrected chi connectivity index (χ3v) is 6.52. The first kappa shape index (κ1) is 19.3. The number of benzene rings is 1. The van der Waals surface area contributed by atoms with E-state index in [1.54, 1.807) is 18.2 Å². The molecular formula is C12H20ClN3O4S2. The lowest BCUT2D eigenvalue weighted by Gasteiger charge is -2.26. The average Bonchev–Trinajstić information content (AvgIpc) is 2.49. The van der Waals surface area contributed by atoms with Crippen LogP contribution in [0.2, 0.25) is 0 Å². The minimum Gasteiger partial charge on any atom is -0.314 e. The fourth-order valence-corrected chi connectivity index (χ4v) is 4.58. The van der Waals surface area contributed by atoms with Crippen molar-refractivity contribution in [1.29, 1.82) is 0 Å². The van der Waals surface area contributed by atoms with E-state index in [1.807, 2.05) is 0 Å². The second kappa shape index (κ2) is 8.23. The molecule has 22 heavy (non-hydrogen) atoms. The van der Waals surface area contributed by atoms with Gasteiger partial charge < -0.3 is 5.32 Å². The van der Waals surface area contributed by atoms with Gasteiger partial charge in [0.25, 0.3) is 0 Å². The summed E-state index contributed by atoms with van der Waals surface area (Å²) in [6.07, 6.45) is 0. The summed E-state index contributed by atoms with van der Waals surface area (Å²) in [4.78, 5) is 0.129. The van der Waals surface area contributed by atoms with Crippen LogP contribution in [0.3, 0.4) is 0 Å². The molecule has 1 aliphatic rings. The topological polar surface area (TPSA) is 95.6 Å². The highest BCUT2D eigenvalue weighted by atomic mass is 35.5. The smallest absolute Gasteiger partial charge is 0.240 e. The molecule has 0 radical (unpaired) electrons. The van der Waals surface area contributed by atoms with Crippen LogP contribution in [0.1, 0.15) is 0 Å². The van der Waals surface area contributed by atoms with Crippen LogP contribution in [-0.4, -0.2) is 59.6 Å². The van der Waals surface area contributed by atoms with Crippen LogP contribution in [-0.2, 0) is 20.0 Å². The Hall–Kier alpha value is -0.710. The maximum absolute atomic E-state index is 12.1. The van der Waals surface area contributed by atoms with Gasteiger partial charge in [-0.3, -0.25) is 0 Å². The first-order valence-electron chi connectivity index (χ1n) is 6.65. The van der Waals surface area contributed by atoms with Gasteiger partial charge in [-0.1, -0.05) is 18.2 Å².